The lowest BCUT2D eigenvalue weighted by Gasteiger charge is -2.10. The number of benzene rings is 1. The molecule has 0 N–H and O–H groups in total. The van der Waals surface area contributed by atoms with E-state index in [4.69, 9.17) is 0 Å². The van der Waals surface area contributed by atoms with Crippen molar-refractivity contribution in [3.05, 3.63) is 51.3 Å². The molecule has 1 aromatic carbocycles. The fourth-order valence-electron chi connectivity index (χ4n) is 2.15. The number of nitrogens with zero attached hydrogens (tertiary/aromatic N) is 2. The summed E-state index contributed by atoms with van der Waals surface area (Å²) in [6, 6.07) is 7.64. The van der Waals surface area contributed by atoms with Crippen LogP contribution >= 0.6 is 0 Å². The highest BCUT2D eigenvalue weighted by atomic mass is 16.1. The number of aromatic nitrogens is 2. The largest absolute Gasteiger partial charge is 0.298 e. The lowest BCUT2D eigenvalue weighted by atomic mass is 10.0. The van der Waals surface area contributed by atoms with Crippen molar-refractivity contribution in [2.24, 2.45) is 0 Å². The quantitative estimate of drug-likeness (QED) is 0.803. The minimum absolute atomic E-state index is 0.157. The second-order valence-corrected chi connectivity index (χ2v) is 4.95. The van der Waals surface area contributed by atoms with Crippen LogP contribution in [-0.2, 0) is 6.54 Å². The minimum atomic E-state index is -0.323. The molecule has 20 heavy (non-hydrogen) atoms. The van der Waals surface area contributed by atoms with Gasteiger partial charge in [-0.2, -0.15) is 5.10 Å². The molecule has 0 saturated carbocycles. The molecule has 4 heteroatoms. The van der Waals surface area contributed by atoms with Gasteiger partial charge in [0, 0.05) is 12.1 Å². The Morgan fingerprint density at radius 1 is 1.25 bits per heavy atom. The third-order valence-corrected chi connectivity index (χ3v) is 3.23. The van der Waals surface area contributed by atoms with E-state index in [9.17, 15) is 9.59 Å². The van der Waals surface area contributed by atoms with Crippen molar-refractivity contribution in [3.63, 3.8) is 0 Å². The van der Waals surface area contributed by atoms with Gasteiger partial charge in [-0.1, -0.05) is 24.6 Å². The fraction of sp³-hybridized carbons (Fsp3) is 0.312. The first-order chi connectivity index (χ1) is 9.56. The zero-order valence-electron chi connectivity index (χ0n) is 12.0. The summed E-state index contributed by atoms with van der Waals surface area (Å²) in [5.41, 5.74) is 3.65. The number of hydrogen-bond acceptors (Lipinski definition) is 3. The normalized spacial score (nSPS) is 10.6. The highest BCUT2D eigenvalue weighted by Gasteiger charge is 2.11. The molecule has 0 fully saturated rings. The van der Waals surface area contributed by atoms with Crippen LogP contribution < -0.4 is 5.56 Å². The Bertz CT molecular complexity index is 702. The van der Waals surface area contributed by atoms with E-state index in [1.165, 1.54) is 4.68 Å². The summed E-state index contributed by atoms with van der Waals surface area (Å²) in [5, 5.41) is 4.39. The minimum Gasteiger partial charge on any atom is -0.298 e. The molecule has 0 saturated heterocycles. The summed E-state index contributed by atoms with van der Waals surface area (Å²) in [7, 11) is 0. The maximum absolute atomic E-state index is 12.0. The second-order valence-electron chi connectivity index (χ2n) is 4.95. The molecule has 0 spiro atoms. The van der Waals surface area contributed by atoms with Gasteiger partial charge < -0.3 is 0 Å². The summed E-state index contributed by atoms with van der Waals surface area (Å²) in [5.74, 6) is 0. The molecule has 2 aromatic rings. The van der Waals surface area contributed by atoms with Crippen LogP contribution in [0.2, 0.25) is 0 Å². The molecule has 2 rings (SSSR count). The van der Waals surface area contributed by atoms with Gasteiger partial charge in [-0.25, -0.2) is 4.68 Å². The molecule has 104 valence electrons. The highest BCUT2D eigenvalue weighted by Crippen LogP contribution is 2.22. The van der Waals surface area contributed by atoms with Gasteiger partial charge in [-0.3, -0.25) is 9.59 Å². The Hall–Kier alpha value is -2.23. The predicted octanol–water partition coefficient (Wildman–Crippen LogP) is 2.75. The molecule has 0 unspecified atom stereocenters. The van der Waals surface area contributed by atoms with E-state index in [1.54, 1.807) is 6.07 Å². The maximum Gasteiger partial charge on any atom is 0.277 e. The number of carbonyl (C=O) groups is 1. The zero-order valence-corrected chi connectivity index (χ0v) is 12.0. The van der Waals surface area contributed by atoms with Crippen molar-refractivity contribution >= 4 is 6.29 Å². The van der Waals surface area contributed by atoms with E-state index < -0.39 is 0 Å². The topological polar surface area (TPSA) is 52.0 Å². The van der Waals surface area contributed by atoms with Gasteiger partial charge >= 0.3 is 0 Å². The summed E-state index contributed by atoms with van der Waals surface area (Å²) in [6.45, 7) is 6.48. The van der Waals surface area contributed by atoms with Crippen molar-refractivity contribution in [1.82, 2.24) is 9.78 Å². The Morgan fingerprint density at radius 3 is 2.65 bits per heavy atom. The second kappa shape index (κ2) is 5.82. The van der Waals surface area contributed by atoms with Gasteiger partial charge in [-0.05, 0) is 38.0 Å². The third kappa shape index (κ3) is 2.69. The molecule has 0 radical (unpaired) electrons. The van der Waals surface area contributed by atoms with Crippen LogP contribution in [0.4, 0.5) is 0 Å². The number of aryl methyl sites for hydroxylation is 3. The molecule has 1 aromatic heterocycles. The lowest BCUT2D eigenvalue weighted by molar-refractivity contribution is 0.112. The molecule has 0 bridgehead atoms. The van der Waals surface area contributed by atoms with Gasteiger partial charge in [0.2, 0.25) is 0 Å². The molecular formula is C16H18N2O2. The van der Waals surface area contributed by atoms with Crippen LogP contribution in [0.3, 0.4) is 0 Å². The smallest absolute Gasteiger partial charge is 0.277 e. The van der Waals surface area contributed by atoms with E-state index in [2.05, 4.69) is 5.10 Å². The Kier molecular flexibility index (Phi) is 4.13. The number of rotatable bonds is 4. The Balaban J connectivity index is 2.68. The highest BCUT2D eigenvalue weighted by molar-refractivity contribution is 5.77. The summed E-state index contributed by atoms with van der Waals surface area (Å²) in [4.78, 5) is 23.1. The molecule has 1 heterocycles. The van der Waals surface area contributed by atoms with Gasteiger partial charge in [0.1, 0.15) is 0 Å². The van der Waals surface area contributed by atoms with Gasteiger partial charge in [-0.15, -0.1) is 0 Å². The van der Waals surface area contributed by atoms with Gasteiger partial charge in [0.25, 0.3) is 5.56 Å². The van der Waals surface area contributed by atoms with E-state index in [-0.39, 0.29) is 11.1 Å². The molecule has 0 aliphatic rings. The summed E-state index contributed by atoms with van der Waals surface area (Å²) in [6.07, 6.45) is 1.40. The van der Waals surface area contributed by atoms with Crippen LogP contribution in [0.15, 0.2) is 29.1 Å². The van der Waals surface area contributed by atoms with Crippen LogP contribution in [0.25, 0.3) is 11.3 Å². The van der Waals surface area contributed by atoms with E-state index in [0.717, 1.165) is 23.1 Å². The van der Waals surface area contributed by atoms with Crippen LogP contribution in [0.5, 0.6) is 0 Å². The molecule has 0 amide bonds. The molecule has 0 aliphatic carbocycles. The summed E-state index contributed by atoms with van der Waals surface area (Å²) < 4.78 is 1.38. The Labute approximate surface area is 118 Å². The van der Waals surface area contributed by atoms with E-state index in [1.807, 2.05) is 39.0 Å². The van der Waals surface area contributed by atoms with Crippen molar-refractivity contribution in [3.8, 4) is 11.3 Å². The fourth-order valence-corrected chi connectivity index (χ4v) is 2.15. The molecular weight excluding hydrogens is 252 g/mol. The van der Waals surface area contributed by atoms with Crippen LogP contribution in [0.1, 0.15) is 34.8 Å². The van der Waals surface area contributed by atoms with Gasteiger partial charge in [0.05, 0.1) is 11.3 Å². The number of hydrogen-bond donors (Lipinski definition) is 0. The standard InChI is InChI=1S/C16H18N2O2/c1-4-7-18-16(20)13(10-19)9-15(17-18)14-8-11(2)5-6-12(14)3/h5-6,8-10H,4,7H2,1-3H3. The van der Waals surface area contributed by atoms with Crippen molar-refractivity contribution in [1.29, 1.82) is 0 Å². The average molecular weight is 270 g/mol. The molecule has 0 atom stereocenters. The van der Waals surface area contributed by atoms with E-state index in [0.29, 0.717) is 18.5 Å². The average Bonchev–Trinajstić information content (AvgIpc) is 2.44. The third-order valence-electron chi connectivity index (χ3n) is 3.23. The first kappa shape index (κ1) is 14.2. The lowest BCUT2D eigenvalue weighted by Crippen LogP contribution is -2.26. The maximum atomic E-state index is 12.0. The Morgan fingerprint density at radius 2 is 2.00 bits per heavy atom. The van der Waals surface area contributed by atoms with Gasteiger partial charge in [0.15, 0.2) is 6.29 Å². The predicted molar refractivity (Wildman–Crippen MR) is 79.1 cm³/mol. The first-order valence-electron chi connectivity index (χ1n) is 6.71. The first-order valence-corrected chi connectivity index (χ1v) is 6.71. The van der Waals surface area contributed by atoms with Crippen molar-refractivity contribution < 1.29 is 4.79 Å². The van der Waals surface area contributed by atoms with Crippen molar-refractivity contribution in [2.45, 2.75) is 33.7 Å². The number of carbonyl (C=O) groups excluding carboxylic acids is 1. The molecule has 0 aliphatic heterocycles. The van der Waals surface area contributed by atoms with Crippen LogP contribution in [-0.4, -0.2) is 16.1 Å². The number of aldehydes is 1. The monoisotopic (exact) mass is 270 g/mol. The van der Waals surface area contributed by atoms with Crippen LogP contribution in [0, 0.1) is 13.8 Å². The van der Waals surface area contributed by atoms with Crippen molar-refractivity contribution in [2.75, 3.05) is 0 Å². The summed E-state index contributed by atoms with van der Waals surface area (Å²) >= 11 is 0. The van der Waals surface area contributed by atoms with E-state index >= 15 is 0 Å². The SMILES string of the molecule is CCCn1nc(-c2cc(C)ccc2C)cc(C=O)c1=O. The zero-order chi connectivity index (χ0) is 14.7. The molecule has 4 nitrogen and oxygen atoms in total.